The highest BCUT2D eigenvalue weighted by Crippen LogP contribution is 2.32. The molecule has 0 fully saturated rings. The molecule has 0 aliphatic rings. The Labute approximate surface area is 188 Å². The van der Waals surface area contributed by atoms with Crippen LogP contribution in [0, 0.1) is 0 Å². The van der Waals surface area contributed by atoms with E-state index in [4.69, 9.17) is 16.3 Å². The summed E-state index contributed by atoms with van der Waals surface area (Å²) >= 11 is 9.68. The van der Waals surface area contributed by atoms with Crippen molar-refractivity contribution in [2.45, 2.75) is 6.04 Å². The third kappa shape index (κ3) is 5.48. The van der Waals surface area contributed by atoms with Gasteiger partial charge in [0.05, 0.1) is 30.3 Å². The third-order valence-corrected chi connectivity index (χ3v) is 5.33. The Kier molecular flexibility index (Phi) is 7.63. The molecule has 3 rings (SSSR count). The van der Waals surface area contributed by atoms with Gasteiger partial charge in [0.25, 0.3) is 5.91 Å². The first-order valence-electron chi connectivity index (χ1n) is 9.20. The molecule has 0 bridgehead atoms. The Bertz CT molecular complexity index is 1040. The van der Waals surface area contributed by atoms with Crippen LogP contribution in [0.25, 0.3) is 0 Å². The number of anilines is 1. The van der Waals surface area contributed by atoms with Gasteiger partial charge in [0.2, 0.25) is 0 Å². The molecule has 0 saturated heterocycles. The zero-order valence-corrected chi connectivity index (χ0v) is 18.5. The van der Waals surface area contributed by atoms with Gasteiger partial charge in [0.15, 0.2) is 0 Å². The molecule has 3 aromatic carbocycles. The summed E-state index contributed by atoms with van der Waals surface area (Å²) in [7, 11) is 1.34. The van der Waals surface area contributed by atoms with Gasteiger partial charge in [-0.1, -0.05) is 70.0 Å². The van der Waals surface area contributed by atoms with Crippen LogP contribution in [-0.2, 0) is 9.53 Å². The summed E-state index contributed by atoms with van der Waals surface area (Å²) in [5.41, 5.74) is 2.72. The number of esters is 1. The fourth-order valence-corrected chi connectivity index (χ4v) is 3.63. The largest absolute Gasteiger partial charge is 0.468 e. The lowest BCUT2D eigenvalue weighted by Crippen LogP contribution is -2.30. The van der Waals surface area contributed by atoms with Gasteiger partial charge in [-0.3, -0.25) is 14.9 Å². The molecule has 7 heteroatoms. The second-order valence-corrected chi connectivity index (χ2v) is 7.79. The molecule has 30 heavy (non-hydrogen) atoms. The second kappa shape index (κ2) is 10.4. The first-order valence-corrected chi connectivity index (χ1v) is 10.4. The van der Waals surface area contributed by atoms with Crippen LogP contribution in [0.1, 0.15) is 27.5 Å². The van der Waals surface area contributed by atoms with Crippen LogP contribution in [0.4, 0.5) is 5.69 Å². The molecule has 0 aliphatic carbocycles. The Hall–Kier alpha value is -2.67. The summed E-state index contributed by atoms with van der Waals surface area (Å²) in [5, 5.41) is 6.54. The molecule has 0 heterocycles. The topological polar surface area (TPSA) is 67.4 Å². The molecule has 0 saturated carbocycles. The van der Waals surface area contributed by atoms with Crippen LogP contribution >= 0.6 is 27.5 Å². The van der Waals surface area contributed by atoms with Crippen LogP contribution in [0.5, 0.6) is 0 Å². The number of halogens is 2. The van der Waals surface area contributed by atoms with Gasteiger partial charge in [-0.2, -0.15) is 0 Å². The summed E-state index contributed by atoms with van der Waals surface area (Å²) < 4.78 is 5.61. The zero-order valence-electron chi connectivity index (χ0n) is 16.2. The lowest BCUT2D eigenvalue weighted by atomic mass is 9.96. The van der Waals surface area contributed by atoms with E-state index in [2.05, 4.69) is 26.6 Å². The van der Waals surface area contributed by atoms with E-state index < -0.39 is 0 Å². The Morgan fingerprint density at radius 3 is 2.43 bits per heavy atom. The normalized spacial score (nSPS) is 11.6. The maximum atomic E-state index is 12.8. The van der Waals surface area contributed by atoms with Gasteiger partial charge in [-0.15, -0.1) is 0 Å². The Balaban J connectivity index is 1.99. The smallest absolute Gasteiger partial charge is 0.319 e. The number of hydrogen-bond acceptors (Lipinski definition) is 4. The van der Waals surface area contributed by atoms with E-state index in [0.717, 1.165) is 15.6 Å². The average Bonchev–Trinajstić information content (AvgIpc) is 2.76. The summed E-state index contributed by atoms with van der Waals surface area (Å²) in [4.78, 5) is 24.6. The van der Waals surface area contributed by atoms with Gasteiger partial charge in [-0.25, -0.2) is 0 Å². The number of nitrogens with one attached hydrogen (secondary N) is 2. The fourth-order valence-electron chi connectivity index (χ4n) is 3.03. The molecule has 0 aromatic heterocycles. The quantitative estimate of drug-likeness (QED) is 0.449. The van der Waals surface area contributed by atoms with E-state index >= 15 is 0 Å². The van der Waals surface area contributed by atoms with Gasteiger partial charge in [0, 0.05) is 10.2 Å². The molecule has 0 aliphatic heterocycles. The monoisotopic (exact) mass is 486 g/mol. The van der Waals surface area contributed by atoms with E-state index in [0.29, 0.717) is 16.3 Å². The van der Waals surface area contributed by atoms with E-state index in [1.54, 1.807) is 24.3 Å². The van der Waals surface area contributed by atoms with Crippen molar-refractivity contribution in [1.82, 2.24) is 5.32 Å². The molecule has 3 aromatic rings. The molecular formula is C23H20BrClN2O3. The molecule has 0 unspecified atom stereocenters. The summed E-state index contributed by atoms with van der Waals surface area (Å²) in [6.07, 6.45) is 0. The lowest BCUT2D eigenvalue weighted by Gasteiger charge is -2.23. The highest BCUT2D eigenvalue weighted by atomic mass is 79.9. The minimum absolute atomic E-state index is 0.0144. The second-order valence-electron chi connectivity index (χ2n) is 6.47. The van der Waals surface area contributed by atoms with Gasteiger partial charge in [0.1, 0.15) is 0 Å². The number of carbonyl (C=O) groups is 2. The highest BCUT2D eigenvalue weighted by molar-refractivity contribution is 9.10. The summed E-state index contributed by atoms with van der Waals surface area (Å²) in [6, 6.07) is 21.7. The Morgan fingerprint density at radius 1 is 1.03 bits per heavy atom. The predicted octanol–water partition coefficient (Wildman–Crippen LogP) is 5.21. The molecule has 0 radical (unpaired) electrons. The minimum Gasteiger partial charge on any atom is -0.468 e. The predicted molar refractivity (Wildman–Crippen MR) is 122 cm³/mol. The molecule has 5 nitrogen and oxygen atoms in total. The van der Waals surface area contributed by atoms with Crippen molar-refractivity contribution in [1.29, 1.82) is 0 Å². The third-order valence-electron chi connectivity index (χ3n) is 4.50. The average molecular weight is 488 g/mol. The van der Waals surface area contributed by atoms with E-state index in [1.807, 2.05) is 48.5 Å². The molecule has 2 N–H and O–H groups in total. The van der Waals surface area contributed by atoms with E-state index in [1.165, 1.54) is 7.11 Å². The first kappa shape index (κ1) is 22.0. The Morgan fingerprint density at radius 2 is 1.73 bits per heavy atom. The molecule has 1 amide bonds. The van der Waals surface area contributed by atoms with Crippen molar-refractivity contribution < 1.29 is 14.3 Å². The number of ether oxygens (including phenoxy) is 1. The van der Waals surface area contributed by atoms with Crippen LogP contribution in [0.3, 0.4) is 0 Å². The minimum atomic E-state index is -0.382. The number of amides is 1. The van der Waals surface area contributed by atoms with Gasteiger partial charge in [-0.05, 0) is 41.5 Å². The van der Waals surface area contributed by atoms with Gasteiger partial charge >= 0.3 is 5.97 Å². The van der Waals surface area contributed by atoms with Crippen LogP contribution in [0.15, 0.2) is 77.3 Å². The number of methoxy groups -OCH3 is 1. The zero-order chi connectivity index (χ0) is 21.5. The summed E-state index contributed by atoms with van der Waals surface area (Å²) in [6.45, 7) is 0.0144. The number of carbonyl (C=O) groups excluding carboxylic acids is 2. The lowest BCUT2D eigenvalue weighted by molar-refractivity contribution is -0.139. The number of hydrogen-bond donors (Lipinski definition) is 2. The standard InChI is InChI=1S/C23H20BrClN2O3/c1-30-21(28)14-26-22(15-7-3-2-4-8-15)18-13-16(24)11-12-20(18)27-23(29)17-9-5-6-10-19(17)25/h2-13,22,26H,14H2,1H3,(H,27,29)/t22-/m0/s1. The van der Waals surface area contributed by atoms with Crippen molar-refractivity contribution in [2.75, 3.05) is 19.0 Å². The maximum absolute atomic E-state index is 12.8. The van der Waals surface area contributed by atoms with Crippen molar-refractivity contribution in [3.8, 4) is 0 Å². The van der Waals surface area contributed by atoms with Crippen LogP contribution < -0.4 is 10.6 Å². The number of rotatable bonds is 7. The van der Waals surface area contributed by atoms with E-state index in [-0.39, 0.29) is 24.5 Å². The summed E-state index contributed by atoms with van der Waals surface area (Å²) in [5.74, 6) is -0.698. The first-order chi connectivity index (χ1) is 14.5. The van der Waals surface area contributed by atoms with Crippen LogP contribution in [-0.4, -0.2) is 25.5 Å². The maximum Gasteiger partial charge on any atom is 0.319 e. The van der Waals surface area contributed by atoms with Crippen molar-refractivity contribution >= 4 is 45.1 Å². The molecule has 0 spiro atoms. The molecule has 154 valence electrons. The SMILES string of the molecule is COC(=O)CN[C@@H](c1ccccc1)c1cc(Br)ccc1NC(=O)c1ccccc1Cl. The highest BCUT2D eigenvalue weighted by Gasteiger charge is 2.21. The van der Waals surface area contributed by atoms with Crippen molar-refractivity contribution in [3.05, 3.63) is 99.0 Å². The fraction of sp³-hybridized carbons (Fsp3) is 0.130. The van der Waals surface area contributed by atoms with Crippen molar-refractivity contribution in [2.24, 2.45) is 0 Å². The van der Waals surface area contributed by atoms with E-state index in [9.17, 15) is 9.59 Å². The number of benzene rings is 3. The van der Waals surface area contributed by atoms with Crippen molar-refractivity contribution in [3.63, 3.8) is 0 Å². The molecule has 1 atom stereocenters. The molecular weight excluding hydrogens is 468 g/mol. The van der Waals surface area contributed by atoms with Crippen LogP contribution in [0.2, 0.25) is 5.02 Å². The van der Waals surface area contributed by atoms with Gasteiger partial charge < -0.3 is 10.1 Å².